The van der Waals surface area contributed by atoms with Crippen molar-refractivity contribution < 1.29 is 20.1 Å². The standard InChI is InChI=1S/C28H57NO4/c1-3-5-7-9-11-13-15-17-19-21-23-27(32)28(33)29-25(24-30)26(31)22-20-18-16-14-12-10-8-6-4-2/h25-27,30-32H,3-24H2,1-2H3,(H,29,33). The fraction of sp³-hybridized carbons (Fsp3) is 0.964. The summed E-state index contributed by atoms with van der Waals surface area (Å²) in [5.74, 6) is -0.476. The summed E-state index contributed by atoms with van der Waals surface area (Å²) in [7, 11) is 0. The molecule has 0 aliphatic heterocycles. The summed E-state index contributed by atoms with van der Waals surface area (Å²) in [6, 6.07) is -0.700. The van der Waals surface area contributed by atoms with E-state index in [1.54, 1.807) is 0 Å². The van der Waals surface area contributed by atoms with Crippen LogP contribution in [-0.2, 0) is 4.79 Å². The second kappa shape index (κ2) is 24.5. The van der Waals surface area contributed by atoms with Crippen molar-refractivity contribution in [1.82, 2.24) is 5.32 Å². The highest BCUT2D eigenvalue weighted by Crippen LogP contribution is 2.14. The van der Waals surface area contributed by atoms with Crippen molar-refractivity contribution in [3.8, 4) is 0 Å². The number of hydrogen-bond acceptors (Lipinski definition) is 4. The van der Waals surface area contributed by atoms with E-state index >= 15 is 0 Å². The Morgan fingerprint density at radius 1 is 0.606 bits per heavy atom. The first-order valence-corrected chi connectivity index (χ1v) is 14.3. The van der Waals surface area contributed by atoms with Crippen molar-refractivity contribution in [2.75, 3.05) is 6.61 Å². The average molecular weight is 472 g/mol. The first-order chi connectivity index (χ1) is 16.1. The summed E-state index contributed by atoms with van der Waals surface area (Å²) >= 11 is 0. The van der Waals surface area contributed by atoms with Crippen molar-refractivity contribution in [3.63, 3.8) is 0 Å². The van der Waals surface area contributed by atoms with Gasteiger partial charge in [-0.25, -0.2) is 0 Å². The van der Waals surface area contributed by atoms with E-state index in [9.17, 15) is 20.1 Å². The van der Waals surface area contributed by atoms with Crippen LogP contribution in [0.2, 0.25) is 0 Å². The Morgan fingerprint density at radius 3 is 1.36 bits per heavy atom. The van der Waals surface area contributed by atoms with E-state index in [1.807, 2.05) is 0 Å². The van der Waals surface area contributed by atoms with Crippen LogP contribution in [0, 0.1) is 0 Å². The minimum Gasteiger partial charge on any atom is -0.394 e. The van der Waals surface area contributed by atoms with E-state index in [0.29, 0.717) is 12.8 Å². The van der Waals surface area contributed by atoms with Gasteiger partial charge in [-0.3, -0.25) is 4.79 Å². The lowest BCUT2D eigenvalue weighted by molar-refractivity contribution is -0.131. The minimum absolute atomic E-state index is 0.310. The third-order valence-corrected chi connectivity index (χ3v) is 6.73. The lowest BCUT2D eigenvalue weighted by atomic mass is 10.0. The molecule has 5 nitrogen and oxygen atoms in total. The Kier molecular flexibility index (Phi) is 24.0. The predicted octanol–water partition coefficient (Wildman–Crippen LogP) is 6.42. The molecule has 0 fully saturated rings. The summed E-state index contributed by atoms with van der Waals surface area (Å²) < 4.78 is 0. The molecule has 3 unspecified atom stereocenters. The quantitative estimate of drug-likeness (QED) is 0.116. The second-order valence-electron chi connectivity index (χ2n) is 9.97. The van der Waals surface area contributed by atoms with Gasteiger partial charge in [-0.2, -0.15) is 0 Å². The van der Waals surface area contributed by atoms with Gasteiger partial charge in [0.25, 0.3) is 0 Å². The molecule has 33 heavy (non-hydrogen) atoms. The van der Waals surface area contributed by atoms with E-state index in [2.05, 4.69) is 19.2 Å². The topological polar surface area (TPSA) is 89.8 Å². The number of nitrogens with one attached hydrogen (secondary N) is 1. The van der Waals surface area contributed by atoms with Crippen LogP contribution in [0.5, 0.6) is 0 Å². The molecule has 4 N–H and O–H groups in total. The molecule has 0 heterocycles. The van der Waals surface area contributed by atoms with E-state index < -0.39 is 24.2 Å². The van der Waals surface area contributed by atoms with Gasteiger partial charge in [-0.05, 0) is 12.8 Å². The van der Waals surface area contributed by atoms with E-state index in [-0.39, 0.29) is 6.61 Å². The Morgan fingerprint density at radius 2 is 0.970 bits per heavy atom. The maximum absolute atomic E-state index is 12.2. The second-order valence-corrected chi connectivity index (χ2v) is 9.97. The molecule has 1 amide bonds. The molecule has 0 bridgehead atoms. The highest BCUT2D eigenvalue weighted by molar-refractivity contribution is 5.80. The van der Waals surface area contributed by atoms with Crippen LogP contribution in [0.25, 0.3) is 0 Å². The number of amides is 1. The van der Waals surface area contributed by atoms with Crippen LogP contribution in [0.4, 0.5) is 0 Å². The van der Waals surface area contributed by atoms with Gasteiger partial charge in [0.15, 0.2) is 0 Å². The summed E-state index contributed by atoms with van der Waals surface area (Å²) in [4.78, 5) is 12.2. The molecule has 0 aliphatic rings. The number of unbranched alkanes of at least 4 members (excludes halogenated alkanes) is 17. The highest BCUT2D eigenvalue weighted by Gasteiger charge is 2.23. The molecule has 0 aliphatic carbocycles. The van der Waals surface area contributed by atoms with E-state index in [1.165, 1.54) is 89.9 Å². The molecular formula is C28H57NO4. The molecule has 0 saturated heterocycles. The molecule has 0 aromatic carbocycles. The van der Waals surface area contributed by atoms with Crippen molar-refractivity contribution in [2.45, 2.75) is 167 Å². The normalized spacial score (nSPS) is 14.2. The van der Waals surface area contributed by atoms with Gasteiger partial charge in [0.2, 0.25) is 5.91 Å². The van der Waals surface area contributed by atoms with Crippen LogP contribution >= 0.6 is 0 Å². The summed E-state index contributed by atoms with van der Waals surface area (Å²) in [6.07, 6.45) is 22.2. The van der Waals surface area contributed by atoms with Gasteiger partial charge in [0, 0.05) is 0 Å². The van der Waals surface area contributed by atoms with Crippen LogP contribution in [-0.4, -0.2) is 46.1 Å². The predicted molar refractivity (Wildman–Crippen MR) is 139 cm³/mol. The molecule has 198 valence electrons. The van der Waals surface area contributed by atoms with Crippen molar-refractivity contribution in [1.29, 1.82) is 0 Å². The molecule has 0 spiro atoms. The van der Waals surface area contributed by atoms with Gasteiger partial charge < -0.3 is 20.6 Å². The van der Waals surface area contributed by atoms with E-state index in [4.69, 9.17) is 0 Å². The Hall–Kier alpha value is -0.650. The smallest absolute Gasteiger partial charge is 0.249 e. The van der Waals surface area contributed by atoms with Gasteiger partial charge in [-0.1, -0.05) is 136 Å². The number of carbonyl (C=O) groups excluding carboxylic acids is 1. The first kappa shape index (κ1) is 32.4. The van der Waals surface area contributed by atoms with Gasteiger partial charge in [0.05, 0.1) is 18.8 Å². The maximum Gasteiger partial charge on any atom is 0.249 e. The number of aliphatic hydroxyl groups excluding tert-OH is 3. The average Bonchev–Trinajstić information content (AvgIpc) is 2.82. The fourth-order valence-corrected chi connectivity index (χ4v) is 4.36. The number of aliphatic hydroxyl groups is 3. The Balaban J connectivity index is 3.78. The first-order valence-electron chi connectivity index (χ1n) is 14.3. The van der Waals surface area contributed by atoms with E-state index in [0.717, 1.165) is 32.1 Å². The molecule has 0 saturated carbocycles. The van der Waals surface area contributed by atoms with Crippen LogP contribution in [0.3, 0.4) is 0 Å². The van der Waals surface area contributed by atoms with Gasteiger partial charge >= 0.3 is 0 Å². The van der Waals surface area contributed by atoms with Crippen molar-refractivity contribution >= 4 is 5.91 Å². The van der Waals surface area contributed by atoms with Crippen LogP contribution in [0.15, 0.2) is 0 Å². The SMILES string of the molecule is CCCCCCCCCCCCC(O)C(=O)NC(CO)C(O)CCCCCCCCCCC. The zero-order chi connectivity index (χ0) is 24.6. The van der Waals surface area contributed by atoms with Crippen LogP contribution < -0.4 is 5.32 Å². The van der Waals surface area contributed by atoms with Crippen molar-refractivity contribution in [2.24, 2.45) is 0 Å². The Labute approximate surface area is 205 Å². The molecule has 0 radical (unpaired) electrons. The third kappa shape index (κ3) is 20.4. The monoisotopic (exact) mass is 471 g/mol. The fourth-order valence-electron chi connectivity index (χ4n) is 4.36. The lowest BCUT2D eigenvalue weighted by Crippen LogP contribution is -2.49. The number of rotatable bonds is 25. The van der Waals surface area contributed by atoms with Gasteiger partial charge in [-0.15, -0.1) is 0 Å². The largest absolute Gasteiger partial charge is 0.394 e. The minimum atomic E-state index is -1.06. The summed E-state index contributed by atoms with van der Waals surface area (Å²) in [5, 5.41) is 32.7. The van der Waals surface area contributed by atoms with Gasteiger partial charge in [0.1, 0.15) is 6.10 Å². The molecule has 0 aromatic heterocycles. The summed E-state index contributed by atoms with van der Waals surface area (Å²) in [6.45, 7) is 4.15. The zero-order valence-electron chi connectivity index (χ0n) is 22.0. The molecule has 3 atom stereocenters. The third-order valence-electron chi connectivity index (χ3n) is 6.73. The van der Waals surface area contributed by atoms with Crippen LogP contribution in [0.1, 0.15) is 149 Å². The van der Waals surface area contributed by atoms with Crippen molar-refractivity contribution in [3.05, 3.63) is 0 Å². The number of hydrogen-bond donors (Lipinski definition) is 4. The maximum atomic E-state index is 12.2. The molecular weight excluding hydrogens is 414 g/mol. The number of carbonyl (C=O) groups is 1. The Bertz CT molecular complexity index is 419. The molecule has 0 aromatic rings. The molecule has 0 rings (SSSR count). The zero-order valence-corrected chi connectivity index (χ0v) is 22.0. The molecule has 5 heteroatoms. The summed E-state index contributed by atoms with van der Waals surface area (Å²) in [5.41, 5.74) is 0. The lowest BCUT2D eigenvalue weighted by Gasteiger charge is -2.23. The highest BCUT2D eigenvalue weighted by atomic mass is 16.3.